The maximum atomic E-state index is 9.00. The maximum absolute atomic E-state index is 9.00. The Morgan fingerprint density at radius 3 is 2.89 bits per heavy atom. The molecule has 1 aliphatic rings. The van der Waals surface area contributed by atoms with Crippen LogP contribution in [0.1, 0.15) is 24.5 Å². The molecule has 1 saturated heterocycles. The Labute approximate surface area is 123 Å². The third kappa shape index (κ3) is 4.07. The van der Waals surface area contributed by atoms with Crippen LogP contribution < -0.4 is 5.32 Å². The van der Waals surface area contributed by atoms with Crippen LogP contribution in [0, 0.1) is 5.92 Å². The third-order valence-electron chi connectivity index (χ3n) is 3.42. The molecule has 1 heterocycles. The van der Waals surface area contributed by atoms with Gasteiger partial charge in [0.05, 0.1) is 22.8 Å². The van der Waals surface area contributed by atoms with E-state index in [1.165, 1.54) is 0 Å². The number of halogens is 2. The van der Waals surface area contributed by atoms with E-state index in [2.05, 4.69) is 5.32 Å². The summed E-state index contributed by atoms with van der Waals surface area (Å²) in [5, 5.41) is 13.5. The molecule has 2 unspecified atom stereocenters. The van der Waals surface area contributed by atoms with Gasteiger partial charge < -0.3 is 15.2 Å². The van der Waals surface area contributed by atoms with E-state index in [0.29, 0.717) is 22.6 Å². The lowest BCUT2D eigenvalue weighted by Crippen LogP contribution is -2.24. The van der Waals surface area contributed by atoms with Crippen molar-refractivity contribution in [3.05, 3.63) is 33.8 Å². The molecule has 0 radical (unpaired) electrons. The normalized spacial score (nSPS) is 24.2. The second kappa shape index (κ2) is 7.46. The molecule has 5 heteroatoms. The second-order valence-electron chi connectivity index (χ2n) is 4.79. The number of hydrogen-bond acceptors (Lipinski definition) is 3. The van der Waals surface area contributed by atoms with E-state index < -0.39 is 0 Å². The molecule has 106 valence electrons. The summed E-state index contributed by atoms with van der Waals surface area (Å²) in [5.41, 5.74) is 1.06. The van der Waals surface area contributed by atoms with Gasteiger partial charge in [-0.05, 0) is 30.5 Å². The van der Waals surface area contributed by atoms with Gasteiger partial charge in [0.25, 0.3) is 0 Å². The van der Waals surface area contributed by atoms with Crippen LogP contribution in [0.4, 0.5) is 0 Å². The molecule has 0 aromatic heterocycles. The molecular formula is C14H19Cl2NO2. The monoisotopic (exact) mass is 303 g/mol. The van der Waals surface area contributed by atoms with Crippen LogP contribution in [-0.2, 0) is 4.74 Å². The van der Waals surface area contributed by atoms with Crippen LogP contribution in [0.3, 0.4) is 0 Å². The lowest BCUT2D eigenvalue weighted by atomic mass is 9.91. The molecule has 1 aromatic rings. The first-order valence-corrected chi connectivity index (χ1v) is 7.36. The maximum Gasteiger partial charge on any atom is 0.0866 e. The molecule has 0 spiro atoms. The van der Waals surface area contributed by atoms with Gasteiger partial charge in [0.1, 0.15) is 0 Å². The number of aliphatic hydroxyl groups is 1. The van der Waals surface area contributed by atoms with Crippen molar-refractivity contribution in [1.29, 1.82) is 0 Å². The molecule has 3 nitrogen and oxygen atoms in total. The second-order valence-corrected chi connectivity index (χ2v) is 5.61. The number of ether oxygens (including phenoxy) is 1. The highest BCUT2D eigenvalue weighted by atomic mass is 35.5. The zero-order valence-electron chi connectivity index (χ0n) is 10.7. The molecule has 19 heavy (non-hydrogen) atoms. The van der Waals surface area contributed by atoms with Crippen molar-refractivity contribution < 1.29 is 9.84 Å². The number of hydrogen-bond donors (Lipinski definition) is 2. The van der Waals surface area contributed by atoms with Gasteiger partial charge in [-0.15, -0.1) is 0 Å². The van der Waals surface area contributed by atoms with Crippen LogP contribution in [-0.4, -0.2) is 31.4 Å². The zero-order valence-corrected chi connectivity index (χ0v) is 12.3. The van der Waals surface area contributed by atoms with Crippen molar-refractivity contribution in [3.8, 4) is 0 Å². The van der Waals surface area contributed by atoms with Crippen LogP contribution in [0.25, 0.3) is 0 Å². The Morgan fingerprint density at radius 2 is 2.16 bits per heavy atom. The van der Waals surface area contributed by atoms with Gasteiger partial charge in [0.15, 0.2) is 0 Å². The Hall–Kier alpha value is -0.320. The quantitative estimate of drug-likeness (QED) is 0.898. The van der Waals surface area contributed by atoms with E-state index in [1.54, 1.807) is 0 Å². The van der Waals surface area contributed by atoms with Crippen LogP contribution in [0.2, 0.25) is 10.0 Å². The molecule has 1 fully saturated rings. The number of benzene rings is 1. The summed E-state index contributed by atoms with van der Waals surface area (Å²) in [7, 11) is 0. The minimum atomic E-state index is 0.0105. The number of aliphatic hydroxyl groups excluding tert-OH is 1. The Morgan fingerprint density at radius 1 is 1.32 bits per heavy atom. The summed E-state index contributed by atoms with van der Waals surface area (Å²) in [6.07, 6.45) is 1.72. The first-order chi connectivity index (χ1) is 9.22. The highest BCUT2D eigenvalue weighted by molar-refractivity contribution is 6.42. The minimum absolute atomic E-state index is 0.0105. The van der Waals surface area contributed by atoms with Crippen LogP contribution in [0.5, 0.6) is 0 Å². The first kappa shape index (κ1) is 15.1. The summed E-state index contributed by atoms with van der Waals surface area (Å²) in [4.78, 5) is 0. The van der Waals surface area contributed by atoms with Crippen molar-refractivity contribution in [1.82, 2.24) is 5.32 Å². The summed E-state index contributed by atoms with van der Waals surface area (Å²) >= 11 is 12.0. The predicted molar refractivity (Wildman–Crippen MR) is 77.8 cm³/mol. The Balaban J connectivity index is 2.18. The third-order valence-corrected chi connectivity index (χ3v) is 4.16. The van der Waals surface area contributed by atoms with E-state index in [-0.39, 0.29) is 12.7 Å². The van der Waals surface area contributed by atoms with Crippen LogP contribution >= 0.6 is 23.2 Å². The highest BCUT2D eigenvalue weighted by Gasteiger charge is 2.26. The smallest absolute Gasteiger partial charge is 0.0866 e. The average molecular weight is 304 g/mol. The first-order valence-electron chi connectivity index (χ1n) is 6.60. The summed E-state index contributed by atoms with van der Waals surface area (Å²) in [6, 6.07) is 5.66. The lowest BCUT2D eigenvalue weighted by molar-refractivity contribution is 0.0261. The van der Waals surface area contributed by atoms with Crippen molar-refractivity contribution in [3.63, 3.8) is 0 Å². The van der Waals surface area contributed by atoms with Gasteiger partial charge in [-0.2, -0.15) is 0 Å². The Bertz CT molecular complexity index is 414. The molecule has 1 aliphatic heterocycles. The molecule has 1 aromatic carbocycles. The van der Waals surface area contributed by atoms with Crippen molar-refractivity contribution >= 4 is 23.2 Å². The van der Waals surface area contributed by atoms with Gasteiger partial charge in [0, 0.05) is 25.6 Å². The standard InChI is InChI=1S/C14H19Cl2NO2/c15-12-4-3-10(8-13(12)16)14-11(2-1-6-18)9-17-5-7-19-14/h3-4,8,11,14,17-18H,1-2,5-7,9H2. The molecular weight excluding hydrogens is 285 g/mol. The fourth-order valence-electron chi connectivity index (χ4n) is 2.45. The molecule has 0 amide bonds. The van der Waals surface area contributed by atoms with E-state index in [9.17, 15) is 0 Å². The van der Waals surface area contributed by atoms with Crippen molar-refractivity contribution in [2.24, 2.45) is 5.92 Å². The van der Waals surface area contributed by atoms with Gasteiger partial charge in [-0.25, -0.2) is 0 Å². The van der Waals surface area contributed by atoms with Gasteiger partial charge >= 0.3 is 0 Å². The fourth-order valence-corrected chi connectivity index (χ4v) is 2.76. The zero-order chi connectivity index (χ0) is 13.7. The molecule has 2 atom stereocenters. The summed E-state index contributed by atoms with van der Waals surface area (Å²) in [6.45, 7) is 2.64. The Kier molecular flexibility index (Phi) is 5.92. The highest BCUT2D eigenvalue weighted by Crippen LogP contribution is 2.33. The van der Waals surface area contributed by atoms with Gasteiger partial charge in [-0.1, -0.05) is 29.3 Å². The van der Waals surface area contributed by atoms with Gasteiger partial charge in [0.2, 0.25) is 0 Å². The van der Waals surface area contributed by atoms with Crippen molar-refractivity contribution in [2.45, 2.75) is 18.9 Å². The lowest BCUT2D eigenvalue weighted by Gasteiger charge is -2.25. The molecule has 0 saturated carbocycles. The number of rotatable bonds is 4. The average Bonchev–Trinajstić information content (AvgIpc) is 2.65. The summed E-state index contributed by atoms with van der Waals surface area (Å²) in [5.74, 6) is 0.340. The molecule has 0 aliphatic carbocycles. The minimum Gasteiger partial charge on any atom is -0.396 e. The predicted octanol–water partition coefficient (Wildman–Crippen LogP) is 3.04. The fraction of sp³-hybridized carbons (Fsp3) is 0.571. The largest absolute Gasteiger partial charge is 0.396 e. The van der Waals surface area contributed by atoms with E-state index in [1.807, 2.05) is 18.2 Å². The van der Waals surface area contributed by atoms with E-state index in [4.69, 9.17) is 33.0 Å². The molecule has 2 rings (SSSR count). The summed E-state index contributed by atoms with van der Waals surface area (Å²) < 4.78 is 5.95. The van der Waals surface area contributed by atoms with E-state index in [0.717, 1.165) is 31.5 Å². The van der Waals surface area contributed by atoms with E-state index >= 15 is 0 Å². The van der Waals surface area contributed by atoms with Crippen molar-refractivity contribution in [2.75, 3.05) is 26.3 Å². The molecule has 0 bridgehead atoms. The number of nitrogens with one attached hydrogen (secondary N) is 1. The van der Waals surface area contributed by atoms with Crippen LogP contribution in [0.15, 0.2) is 18.2 Å². The topological polar surface area (TPSA) is 41.5 Å². The molecule has 2 N–H and O–H groups in total. The SMILES string of the molecule is OCCCC1CNCCOC1c1ccc(Cl)c(Cl)c1. The van der Waals surface area contributed by atoms with Gasteiger partial charge in [-0.3, -0.25) is 0 Å².